The lowest BCUT2D eigenvalue weighted by Gasteiger charge is -2.15. The van der Waals surface area contributed by atoms with Gasteiger partial charge in [-0.1, -0.05) is 6.07 Å². The summed E-state index contributed by atoms with van der Waals surface area (Å²) in [6.45, 7) is 0.464. The van der Waals surface area contributed by atoms with Crippen LogP contribution in [-0.2, 0) is 19.4 Å². The standard InChI is InChI=1S/C17H19N3O2/c1-22-15-6-5-13-3-2-4-14(13)16(15)20-17(21)19-11-12-7-9-18-10-8-12/h5-10H,2-4,11H2,1H3,(H2,19,20,21). The smallest absolute Gasteiger partial charge is 0.319 e. The summed E-state index contributed by atoms with van der Waals surface area (Å²) in [5.41, 5.74) is 4.30. The van der Waals surface area contributed by atoms with Crippen molar-refractivity contribution in [2.75, 3.05) is 12.4 Å². The second-order valence-electron chi connectivity index (χ2n) is 5.30. The molecule has 3 rings (SSSR count). The van der Waals surface area contributed by atoms with E-state index < -0.39 is 0 Å². The fraction of sp³-hybridized carbons (Fsp3) is 0.294. The molecule has 2 aromatic rings. The number of carbonyl (C=O) groups is 1. The number of fused-ring (bicyclic) bond motifs is 1. The number of urea groups is 1. The molecule has 0 spiro atoms. The fourth-order valence-electron chi connectivity index (χ4n) is 2.79. The van der Waals surface area contributed by atoms with Crippen LogP contribution in [0.2, 0.25) is 0 Å². The number of nitrogens with zero attached hydrogens (tertiary/aromatic N) is 1. The summed E-state index contributed by atoms with van der Waals surface area (Å²) in [6.07, 6.45) is 6.58. The minimum absolute atomic E-state index is 0.226. The summed E-state index contributed by atoms with van der Waals surface area (Å²) >= 11 is 0. The Morgan fingerprint density at radius 1 is 1.23 bits per heavy atom. The van der Waals surface area contributed by atoms with Gasteiger partial charge in [-0.25, -0.2) is 4.79 Å². The first kappa shape index (κ1) is 14.4. The van der Waals surface area contributed by atoms with Gasteiger partial charge in [-0.3, -0.25) is 4.98 Å². The number of hydrogen-bond donors (Lipinski definition) is 2. The number of anilines is 1. The van der Waals surface area contributed by atoms with Crippen molar-refractivity contribution in [3.8, 4) is 5.75 Å². The van der Waals surface area contributed by atoms with Gasteiger partial charge in [0.15, 0.2) is 0 Å². The summed E-state index contributed by atoms with van der Waals surface area (Å²) in [5.74, 6) is 0.708. The third-order valence-corrected chi connectivity index (χ3v) is 3.91. The zero-order valence-corrected chi connectivity index (χ0v) is 12.6. The molecule has 0 saturated heterocycles. The zero-order valence-electron chi connectivity index (χ0n) is 12.6. The number of methoxy groups -OCH3 is 1. The monoisotopic (exact) mass is 297 g/mol. The molecule has 114 valence electrons. The first-order valence-corrected chi connectivity index (χ1v) is 7.40. The summed E-state index contributed by atoms with van der Waals surface area (Å²) in [7, 11) is 1.62. The van der Waals surface area contributed by atoms with E-state index in [2.05, 4.69) is 21.7 Å². The van der Waals surface area contributed by atoms with Crippen LogP contribution in [0.15, 0.2) is 36.7 Å². The van der Waals surface area contributed by atoms with Gasteiger partial charge < -0.3 is 15.4 Å². The first-order chi connectivity index (χ1) is 10.8. The molecule has 5 heteroatoms. The van der Waals surface area contributed by atoms with Crippen LogP contribution in [-0.4, -0.2) is 18.1 Å². The van der Waals surface area contributed by atoms with E-state index in [0.717, 1.165) is 30.5 Å². The van der Waals surface area contributed by atoms with Crippen LogP contribution in [0.1, 0.15) is 23.1 Å². The molecule has 0 unspecified atom stereocenters. The van der Waals surface area contributed by atoms with Crippen molar-refractivity contribution < 1.29 is 9.53 Å². The van der Waals surface area contributed by atoms with E-state index in [4.69, 9.17) is 4.74 Å². The fourth-order valence-corrected chi connectivity index (χ4v) is 2.79. The Bertz CT molecular complexity index is 671. The van der Waals surface area contributed by atoms with Crippen molar-refractivity contribution in [1.29, 1.82) is 0 Å². The molecule has 1 aromatic heterocycles. The van der Waals surface area contributed by atoms with E-state index in [-0.39, 0.29) is 6.03 Å². The highest BCUT2D eigenvalue weighted by atomic mass is 16.5. The summed E-state index contributed by atoms with van der Waals surface area (Å²) in [5, 5.41) is 5.80. The average molecular weight is 297 g/mol. The Morgan fingerprint density at radius 2 is 2.05 bits per heavy atom. The molecule has 0 atom stereocenters. The quantitative estimate of drug-likeness (QED) is 0.912. The van der Waals surface area contributed by atoms with Crippen LogP contribution < -0.4 is 15.4 Å². The van der Waals surface area contributed by atoms with Gasteiger partial charge in [0.1, 0.15) is 5.75 Å². The molecule has 0 saturated carbocycles. The molecular weight excluding hydrogens is 278 g/mol. The molecule has 2 amide bonds. The molecule has 0 fully saturated rings. The van der Waals surface area contributed by atoms with Crippen molar-refractivity contribution in [3.05, 3.63) is 53.3 Å². The van der Waals surface area contributed by atoms with Crippen LogP contribution in [0.3, 0.4) is 0 Å². The SMILES string of the molecule is COc1ccc2c(c1NC(=O)NCc1ccncc1)CCC2. The number of rotatable bonds is 4. The molecular formula is C17H19N3O2. The summed E-state index contributed by atoms with van der Waals surface area (Å²) in [6, 6.07) is 7.53. The van der Waals surface area contributed by atoms with Gasteiger partial charge in [0.25, 0.3) is 0 Å². The number of nitrogens with one attached hydrogen (secondary N) is 2. The molecule has 2 N–H and O–H groups in total. The van der Waals surface area contributed by atoms with E-state index in [1.807, 2.05) is 18.2 Å². The van der Waals surface area contributed by atoms with E-state index >= 15 is 0 Å². The van der Waals surface area contributed by atoms with Gasteiger partial charge in [-0.05, 0) is 54.2 Å². The van der Waals surface area contributed by atoms with Crippen molar-refractivity contribution >= 4 is 11.7 Å². The van der Waals surface area contributed by atoms with Crippen molar-refractivity contribution in [1.82, 2.24) is 10.3 Å². The van der Waals surface area contributed by atoms with Crippen molar-refractivity contribution in [2.45, 2.75) is 25.8 Å². The van der Waals surface area contributed by atoms with Gasteiger partial charge in [0.05, 0.1) is 12.8 Å². The third kappa shape index (κ3) is 3.03. The van der Waals surface area contributed by atoms with Crippen molar-refractivity contribution in [3.63, 3.8) is 0 Å². The highest BCUT2D eigenvalue weighted by Crippen LogP contribution is 2.36. The predicted octanol–water partition coefficient (Wildman–Crippen LogP) is 2.90. The Hall–Kier alpha value is -2.56. The molecule has 1 aromatic carbocycles. The largest absolute Gasteiger partial charge is 0.495 e. The molecule has 0 radical (unpaired) electrons. The van der Waals surface area contributed by atoms with Crippen molar-refractivity contribution in [2.24, 2.45) is 0 Å². The first-order valence-electron chi connectivity index (χ1n) is 7.40. The van der Waals surface area contributed by atoms with Crippen LogP contribution >= 0.6 is 0 Å². The third-order valence-electron chi connectivity index (χ3n) is 3.91. The normalized spacial score (nSPS) is 12.6. The Balaban J connectivity index is 1.70. The zero-order chi connectivity index (χ0) is 15.4. The Morgan fingerprint density at radius 3 is 2.82 bits per heavy atom. The van der Waals surface area contributed by atoms with Crippen LogP contribution in [0, 0.1) is 0 Å². The molecule has 1 heterocycles. The molecule has 5 nitrogen and oxygen atoms in total. The number of carbonyl (C=O) groups excluding carboxylic acids is 1. The van der Waals surface area contributed by atoms with Crippen LogP contribution in [0.25, 0.3) is 0 Å². The number of ether oxygens (including phenoxy) is 1. The lowest BCUT2D eigenvalue weighted by atomic mass is 10.1. The topological polar surface area (TPSA) is 63.2 Å². The predicted molar refractivity (Wildman–Crippen MR) is 85.1 cm³/mol. The van der Waals surface area contributed by atoms with E-state index in [1.54, 1.807) is 19.5 Å². The molecule has 1 aliphatic rings. The molecule has 22 heavy (non-hydrogen) atoms. The maximum Gasteiger partial charge on any atom is 0.319 e. The number of benzene rings is 1. The van der Waals surface area contributed by atoms with Crippen LogP contribution in [0.5, 0.6) is 5.75 Å². The minimum atomic E-state index is -0.226. The number of pyridine rings is 1. The second kappa shape index (κ2) is 6.47. The van der Waals surface area contributed by atoms with E-state index in [1.165, 1.54) is 11.1 Å². The highest BCUT2D eigenvalue weighted by molar-refractivity contribution is 5.92. The summed E-state index contributed by atoms with van der Waals surface area (Å²) in [4.78, 5) is 16.1. The highest BCUT2D eigenvalue weighted by Gasteiger charge is 2.19. The minimum Gasteiger partial charge on any atom is -0.495 e. The van der Waals surface area contributed by atoms with Crippen LogP contribution in [0.4, 0.5) is 10.5 Å². The number of amides is 2. The lowest BCUT2D eigenvalue weighted by molar-refractivity contribution is 0.251. The van der Waals surface area contributed by atoms with Gasteiger partial charge in [-0.2, -0.15) is 0 Å². The Labute approximate surface area is 129 Å². The van der Waals surface area contributed by atoms with Gasteiger partial charge >= 0.3 is 6.03 Å². The Kier molecular flexibility index (Phi) is 4.23. The lowest BCUT2D eigenvalue weighted by Crippen LogP contribution is -2.28. The summed E-state index contributed by atoms with van der Waals surface area (Å²) < 4.78 is 5.38. The molecule has 1 aliphatic carbocycles. The second-order valence-corrected chi connectivity index (χ2v) is 5.30. The maximum absolute atomic E-state index is 12.2. The number of aryl methyl sites for hydroxylation is 1. The van der Waals surface area contributed by atoms with Gasteiger partial charge in [0.2, 0.25) is 0 Å². The van der Waals surface area contributed by atoms with Gasteiger partial charge in [0, 0.05) is 18.9 Å². The van der Waals surface area contributed by atoms with Gasteiger partial charge in [-0.15, -0.1) is 0 Å². The van der Waals surface area contributed by atoms with E-state index in [0.29, 0.717) is 12.3 Å². The molecule has 0 bridgehead atoms. The maximum atomic E-state index is 12.2. The van der Waals surface area contributed by atoms with E-state index in [9.17, 15) is 4.79 Å². The molecule has 0 aliphatic heterocycles. The average Bonchev–Trinajstić information content (AvgIpc) is 3.03. The number of hydrogen-bond acceptors (Lipinski definition) is 3. The number of aromatic nitrogens is 1.